The third-order valence-electron chi connectivity index (χ3n) is 13.9. The number of hydrogen-bond acceptors (Lipinski definition) is 6. The number of hydrogen-bond donors (Lipinski definition) is 3. The predicted molar refractivity (Wildman–Crippen MR) is 199 cm³/mol. The normalized spacial score (nSPS) is 31.9. The standard InChI is InChI=1S/C44H46F3N3O3/c45-32-13-29(1-4-35(32)48)51-38-16-39(52-30-2-5-36(49)33(46)14-30)41(44-20-26-10-27(21-44)12-28(11-26)22-44)42(53-31-3-6-37(50)34(47)15-31)40(38)43-17-23-7-24(18-43)9-25(8-23)19-43/h1-6,13-16,23-28H,7-12,17-22,48-50H2. The fourth-order valence-electron chi connectivity index (χ4n) is 12.8. The van der Waals surface area contributed by atoms with Crippen molar-refractivity contribution in [3.63, 3.8) is 0 Å². The maximum atomic E-state index is 15.2. The molecule has 0 radical (unpaired) electrons. The van der Waals surface area contributed by atoms with Crippen LogP contribution in [-0.2, 0) is 10.8 Å². The third-order valence-corrected chi connectivity index (χ3v) is 13.9. The fraction of sp³-hybridized carbons (Fsp3) is 0.455. The molecule has 0 spiro atoms. The summed E-state index contributed by atoms with van der Waals surface area (Å²) >= 11 is 0. The molecule has 8 aliphatic rings. The van der Waals surface area contributed by atoms with Gasteiger partial charge in [0.05, 0.1) is 17.1 Å². The summed E-state index contributed by atoms with van der Waals surface area (Å²) in [6.07, 6.45) is 13.3. The monoisotopic (exact) mass is 721 g/mol. The minimum Gasteiger partial charge on any atom is -0.457 e. The lowest BCUT2D eigenvalue weighted by molar-refractivity contribution is -0.0110. The first-order chi connectivity index (χ1) is 25.5. The molecule has 8 fully saturated rings. The van der Waals surface area contributed by atoms with Crippen LogP contribution < -0.4 is 31.4 Å². The Morgan fingerprint density at radius 3 is 1.04 bits per heavy atom. The van der Waals surface area contributed by atoms with Gasteiger partial charge in [0, 0.05) is 46.2 Å². The molecule has 9 heteroatoms. The van der Waals surface area contributed by atoms with Crippen molar-refractivity contribution in [3.8, 4) is 34.5 Å². The zero-order valence-corrected chi connectivity index (χ0v) is 29.8. The van der Waals surface area contributed by atoms with Gasteiger partial charge in [-0.2, -0.15) is 0 Å². The number of rotatable bonds is 8. The van der Waals surface area contributed by atoms with Crippen molar-refractivity contribution in [1.29, 1.82) is 0 Å². The van der Waals surface area contributed by atoms with Crippen LogP contribution in [0.1, 0.15) is 88.2 Å². The summed E-state index contributed by atoms with van der Waals surface area (Å²) in [4.78, 5) is 0. The largest absolute Gasteiger partial charge is 0.457 e. The van der Waals surface area contributed by atoms with Crippen LogP contribution in [-0.4, -0.2) is 0 Å². The Kier molecular flexibility index (Phi) is 7.48. The van der Waals surface area contributed by atoms with E-state index in [0.29, 0.717) is 70.0 Å². The molecule has 4 aromatic carbocycles. The molecule has 4 aromatic rings. The molecule has 0 unspecified atom stereocenters. The average Bonchev–Trinajstić information content (AvgIpc) is 3.08. The Hall–Kier alpha value is -4.53. The van der Waals surface area contributed by atoms with Crippen molar-refractivity contribution in [3.05, 3.63) is 89.2 Å². The summed E-state index contributed by atoms with van der Waals surface area (Å²) in [6, 6.07) is 15.5. The Balaban J connectivity index is 1.26. The number of nitrogens with two attached hydrogens (primary N) is 3. The topological polar surface area (TPSA) is 106 Å². The van der Waals surface area contributed by atoms with Crippen LogP contribution in [0.5, 0.6) is 34.5 Å². The maximum Gasteiger partial charge on any atom is 0.149 e. The van der Waals surface area contributed by atoms with E-state index in [0.717, 1.165) is 49.7 Å². The SMILES string of the molecule is Nc1ccc(Oc2cc(Oc3ccc(N)c(F)c3)c(C34CC5CC(CC(C5)C3)C4)c(Oc3ccc(N)c(F)c3)c2C23CC4CC(CC(C4)C2)C3)cc1F. The van der Waals surface area contributed by atoms with E-state index in [4.69, 9.17) is 31.4 Å². The Morgan fingerprint density at radius 1 is 0.434 bits per heavy atom. The summed E-state index contributed by atoms with van der Waals surface area (Å²) in [5.74, 6) is 4.34. The number of benzene rings is 4. The molecule has 0 amide bonds. The van der Waals surface area contributed by atoms with Crippen LogP contribution in [0.2, 0.25) is 0 Å². The Morgan fingerprint density at radius 2 is 0.736 bits per heavy atom. The van der Waals surface area contributed by atoms with Crippen molar-refractivity contribution < 1.29 is 27.4 Å². The molecule has 0 atom stereocenters. The smallest absolute Gasteiger partial charge is 0.149 e. The van der Waals surface area contributed by atoms with Gasteiger partial charge >= 0.3 is 0 Å². The maximum absolute atomic E-state index is 15.2. The van der Waals surface area contributed by atoms with E-state index in [2.05, 4.69) is 0 Å². The van der Waals surface area contributed by atoms with Crippen LogP contribution in [0.15, 0.2) is 60.7 Å². The molecule has 6 nitrogen and oxygen atoms in total. The van der Waals surface area contributed by atoms with Crippen LogP contribution >= 0.6 is 0 Å². The van der Waals surface area contributed by atoms with E-state index in [1.807, 2.05) is 6.07 Å². The van der Waals surface area contributed by atoms with Gasteiger partial charge in [-0.05, 0) is 149 Å². The van der Waals surface area contributed by atoms with Crippen LogP contribution in [0.3, 0.4) is 0 Å². The Labute approximate surface area is 308 Å². The molecule has 276 valence electrons. The van der Waals surface area contributed by atoms with Gasteiger partial charge in [-0.25, -0.2) is 13.2 Å². The lowest BCUT2D eigenvalue weighted by atomic mass is 9.46. The lowest BCUT2D eigenvalue weighted by Crippen LogP contribution is -2.50. The summed E-state index contributed by atoms with van der Waals surface area (Å²) in [7, 11) is 0. The molecule has 8 bridgehead atoms. The zero-order chi connectivity index (χ0) is 36.2. The molecule has 0 saturated heterocycles. The van der Waals surface area contributed by atoms with Crippen molar-refractivity contribution in [2.75, 3.05) is 17.2 Å². The van der Waals surface area contributed by atoms with E-state index in [1.54, 1.807) is 18.2 Å². The van der Waals surface area contributed by atoms with E-state index in [1.165, 1.54) is 74.9 Å². The van der Waals surface area contributed by atoms with Gasteiger partial charge in [-0.1, -0.05) is 0 Å². The fourth-order valence-corrected chi connectivity index (χ4v) is 12.8. The van der Waals surface area contributed by atoms with Crippen molar-refractivity contribution in [2.24, 2.45) is 35.5 Å². The van der Waals surface area contributed by atoms with Gasteiger partial charge in [0.25, 0.3) is 0 Å². The van der Waals surface area contributed by atoms with Crippen LogP contribution in [0.25, 0.3) is 0 Å². The second kappa shape index (κ2) is 12.0. The first kappa shape index (κ1) is 33.1. The highest BCUT2D eigenvalue weighted by atomic mass is 19.1. The number of halogens is 3. The van der Waals surface area contributed by atoms with Gasteiger partial charge in [0.2, 0.25) is 0 Å². The van der Waals surface area contributed by atoms with Crippen LogP contribution in [0, 0.1) is 53.0 Å². The van der Waals surface area contributed by atoms with Crippen LogP contribution in [0.4, 0.5) is 30.2 Å². The summed E-state index contributed by atoms with van der Waals surface area (Å²) in [5, 5.41) is 0. The van der Waals surface area contributed by atoms with E-state index >= 15 is 13.2 Å². The molecule has 53 heavy (non-hydrogen) atoms. The van der Waals surface area contributed by atoms with E-state index in [9.17, 15) is 0 Å². The molecule has 8 aliphatic carbocycles. The third kappa shape index (κ3) is 5.59. The average molecular weight is 722 g/mol. The van der Waals surface area contributed by atoms with Gasteiger partial charge < -0.3 is 31.4 Å². The summed E-state index contributed by atoms with van der Waals surface area (Å²) < 4.78 is 66.0. The highest BCUT2D eigenvalue weighted by Crippen LogP contribution is 2.69. The molecule has 6 N–H and O–H groups in total. The predicted octanol–water partition coefficient (Wildman–Crippen LogP) is 11.2. The molecular formula is C44H46F3N3O3. The zero-order valence-electron chi connectivity index (χ0n) is 29.8. The number of nitrogen functional groups attached to an aromatic ring is 3. The molecule has 12 rings (SSSR count). The molecule has 0 aromatic heterocycles. The van der Waals surface area contributed by atoms with Crippen molar-refractivity contribution >= 4 is 17.1 Å². The van der Waals surface area contributed by atoms with Gasteiger partial charge in [-0.15, -0.1) is 0 Å². The highest BCUT2D eigenvalue weighted by Gasteiger charge is 2.58. The van der Waals surface area contributed by atoms with Crippen molar-refractivity contribution in [2.45, 2.75) is 87.9 Å². The second-order valence-electron chi connectivity index (χ2n) is 17.7. The Bertz CT molecular complexity index is 1940. The number of anilines is 3. The minimum atomic E-state index is -0.577. The highest BCUT2D eigenvalue weighted by molar-refractivity contribution is 5.66. The van der Waals surface area contributed by atoms with E-state index < -0.39 is 17.5 Å². The van der Waals surface area contributed by atoms with Gasteiger partial charge in [0.15, 0.2) is 0 Å². The summed E-state index contributed by atoms with van der Waals surface area (Å²) in [5.41, 5.74) is 19.2. The quantitative estimate of drug-likeness (QED) is 0.156. The number of ether oxygens (including phenoxy) is 3. The molecule has 0 aliphatic heterocycles. The first-order valence-electron chi connectivity index (χ1n) is 19.4. The minimum absolute atomic E-state index is 0.0274. The van der Waals surface area contributed by atoms with Gasteiger partial charge in [-0.3, -0.25) is 0 Å². The lowest BCUT2D eigenvalue weighted by Gasteiger charge is -2.59. The molecule has 8 saturated carbocycles. The van der Waals surface area contributed by atoms with Crippen molar-refractivity contribution in [1.82, 2.24) is 0 Å². The molecular weight excluding hydrogens is 675 g/mol. The second-order valence-corrected chi connectivity index (χ2v) is 17.7. The van der Waals surface area contributed by atoms with Gasteiger partial charge in [0.1, 0.15) is 51.9 Å². The first-order valence-corrected chi connectivity index (χ1v) is 19.4. The molecule has 0 heterocycles. The van der Waals surface area contributed by atoms with E-state index in [-0.39, 0.29) is 27.9 Å². The summed E-state index contributed by atoms with van der Waals surface area (Å²) in [6.45, 7) is 0.